The molecule has 0 spiro atoms. The van der Waals surface area contributed by atoms with Crippen molar-refractivity contribution in [3.05, 3.63) is 91.6 Å². The summed E-state index contributed by atoms with van der Waals surface area (Å²) in [5, 5.41) is 0. The van der Waals surface area contributed by atoms with E-state index in [1.807, 2.05) is 22.6 Å². The topological polar surface area (TPSA) is 3.24 Å². The van der Waals surface area contributed by atoms with Gasteiger partial charge in [-0.25, -0.2) is 17.6 Å². The maximum Gasteiger partial charge on any atom is 0.256 e. The lowest BCUT2D eigenvalue weighted by Crippen LogP contribution is -2.30. The first-order chi connectivity index (χ1) is 12.8. The van der Waals surface area contributed by atoms with Gasteiger partial charge in [-0.1, -0.05) is 52.8 Å². The number of benzene rings is 2. The third-order valence-electron chi connectivity index (χ3n) is 4.05. The van der Waals surface area contributed by atoms with Crippen LogP contribution in [0.4, 0.5) is 17.6 Å². The molecule has 140 valence electrons. The van der Waals surface area contributed by atoms with Gasteiger partial charge in [0.25, 0.3) is 6.43 Å². The van der Waals surface area contributed by atoms with Crippen LogP contribution >= 0.6 is 38.5 Å². The number of halogens is 6. The summed E-state index contributed by atoms with van der Waals surface area (Å²) in [7, 11) is 0. The van der Waals surface area contributed by atoms with Crippen molar-refractivity contribution < 1.29 is 17.6 Å². The average molecular weight is 550 g/mol. The van der Waals surface area contributed by atoms with Crippen molar-refractivity contribution in [2.24, 2.45) is 0 Å². The van der Waals surface area contributed by atoms with Gasteiger partial charge < -0.3 is 4.90 Å². The highest BCUT2D eigenvalue weighted by Crippen LogP contribution is 2.43. The quantitative estimate of drug-likeness (QED) is 0.293. The summed E-state index contributed by atoms with van der Waals surface area (Å²) in [5.41, 5.74) is 1.06. The molecule has 2 aromatic carbocycles. The average Bonchev–Trinajstić information content (AvgIpc) is 2.60. The number of alkyl halides is 2. The Morgan fingerprint density at radius 2 is 1.67 bits per heavy atom. The summed E-state index contributed by atoms with van der Waals surface area (Å²) in [6.07, 6.45) is -1.01. The predicted octanol–water partition coefficient (Wildman–Crippen LogP) is 7.01. The van der Waals surface area contributed by atoms with Crippen LogP contribution in [0.5, 0.6) is 0 Å². The highest BCUT2D eigenvalue weighted by Gasteiger charge is 2.31. The van der Waals surface area contributed by atoms with Crippen molar-refractivity contribution in [1.82, 2.24) is 4.90 Å². The highest BCUT2D eigenvalue weighted by atomic mass is 127. The fourth-order valence-electron chi connectivity index (χ4n) is 2.90. The number of hydrogen-bond donors (Lipinski definition) is 0. The van der Waals surface area contributed by atoms with Crippen LogP contribution in [0, 0.1) is 11.6 Å². The van der Waals surface area contributed by atoms with Crippen molar-refractivity contribution in [1.29, 1.82) is 0 Å². The minimum absolute atomic E-state index is 0.0365. The van der Waals surface area contributed by atoms with Crippen LogP contribution in [-0.2, 0) is 0 Å². The molecule has 0 aromatic heterocycles. The zero-order valence-corrected chi connectivity index (χ0v) is 17.6. The third kappa shape index (κ3) is 4.13. The molecule has 0 amide bonds. The maximum atomic E-state index is 14.7. The van der Waals surface area contributed by atoms with Crippen LogP contribution < -0.4 is 0 Å². The van der Waals surface area contributed by atoms with Gasteiger partial charge in [-0.3, -0.25) is 0 Å². The van der Waals surface area contributed by atoms with Crippen LogP contribution in [0.25, 0.3) is 11.3 Å². The van der Waals surface area contributed by atoms with E-state index in [0.29, 0.717) is 14.7 Å². The maximum absolute atomic E-state index is 14.7. The van der Waals surface area contributed by atoms with Crippen molar-refractivity contribution >= 4 is 49.8 Å². The van der Waals surface area contributed by atoms with E-state index in [0.717, 1.165) is 12.1 Å². The van der Waals surface area contributed by atoms with E-state index in [1.54, 1.807) is 36.4 Å². The molecule has 7 heteroatoms. The fraction of sp³-hybridized carbons (Fsp3) is 0.100. The van der Waals surface area contributed by atoms with E-state index in [2.05, 4.69) is 22.5 Å². The Morgan fingerprint density at radius 3 is 2.22 bits per heavy atom. The number of rotatable bonds is 4. The van der Waals surface area contributed by atoms with Crippen LogP contribution in [0.1, 0.15) is 11.1 Å². The second-order valence-electron chi connectivity index (χ2n) is 5.81. The molecule has 0 aliphatic carbocycles. The second kappa shape index (κ2) is 8.18. The molecule has 0 bridgehead atoms. The van der Waals surface area contributed by atoms with Gasteiger partial charge in [0.15, 0.2) is 0 Å². The normalized spacial score (nSPS) is 14.9. The molecule has 2 aromatic rings. The molecule has 3 rings (SSSR count). The fourth-order valence-corrected chi connectivity index (χ4v) is 3.91. The van der Waals surface area contributed by atoms with E-state index in [9.17, 15) is 17.6 Å². The molecule has 1 nitrogen and oxygen atoms in total. The van der Waals surface area contributed by atoms with Crippen LogP contribution in [0.2, 0.25) is 0 Å². The summed E-state index contributed by atoms with van der Waals surface area (Å²) in [4.78, 5) is 1.18. The molecule has 0 radical (unpaired) electrons. The Labute approximate surface area is 176 Å². The summed E-state index contributed by atoms with van der Waals surface area (Å²) in [5.74, 6) is -1.69. The standard InChI is InChI=1S/C20H13BrF4IN/c1-11-17(26)9-14(12-5-3-2-4-6-12)20(27(11)10-18(24)25)19-15(22)7-13(21)8-16(19)23/h2-9,18H,1,10H2. The molecule has 0 saturated heterocycles. The smallest absolute Gasteiger partial charge is 0.256 e. The second-order valence-corrected chi connectivity index (χ2v) is 7.89. The van der Waals surface area contributed by atoms with Crippen LogP contribution in [0.15, 0.2) is 68.9 Å². The van der Waals surface area contributed by atoms with Gasteiger partial charge >= 0.3 is 0 Å². The van der Waals surface area contributed by atoms with Gasteiger partial charge in [0.1, 0.15) is 11.6 Å². The first-order valence-corrected chi connectivity index (χ1v) is 9.73. The zero-order chi connectivity index (χ0) is 19.7. The Balaban J connectivity index is 2.36. The summed E-state index contributed by atoms with van der Waals surface area (Å²) >= 11 is 5.03. The van der Waals surface area contributed by atoms with Crippen molar-refractivity contribution in [3.8, 4) is 0 Å². The molecular weight excluding hydrogens is 537 g/mol. The predicted molar refractivity (Wildman–Crippen MR) is 111 cm³/mol. The number of allylic oxidation sites excluding steroid dienone is 3. The largest absolute Gasteiger partial charge is 0.334 e. The summed E-state index contributed by atoms with van der Waals surface area (Å²) in [6, 6.07) is 11.1. The molecule has 0 unspecified atom stereocenters. The van der Waals surface area contributed by atoms with Crippen LogP contribution in [0.3, 0.4) is 0 Å². The Hall–Kier alpha value is -1.61. The monoisotopic (exact) mass is 549 g/mol. The van der Waals surface area contributed by atoms with Gasteiger partial charge in [0, 0.05) is 19.3 Å². The van der Waals surface area contributed by atoms with Gasteiger partial charge in [-0.15, -0.1) is 0 Å². The van der Waals surface area contributed by atoms with Gasteiger partial charge in [0.05, 0.1) is 17.8 Å². The van der Waals surface area contributed by atoms with Gasteiger partial charge in [0.2, 0.25) is 0 Å². The molecule has 0 fully saturated rings. The molecule has 0 N–H and O–H groups in total. The van der Waals surface area contributed by atoms with E-state index in [1.165, 1.54) is 4.90 Å². The van der Waals surface area contributed by atoms with Crippen molar-refractivity contribution in [3.63, 3.8) is 0 Å². The molecule has 27 heavy (non-hydrogen) atoms. The lowest BCUT2D eigenvalue weighted by molar-refractivity contribution is 0.123. The van der Waals surface area contributed by atoms with Crippen molar-refractivity contribution in [2.75, 3.05) is 6.54 Å². The van der Waals surface area contributed by atoms with E-state index >= 15 is 0 Å². The SMILES string of the molecule is C=C1C(I)=CC(c2ccccc2)=C(c2c(F)cc(Br)cc2F)N1CC(F)F. The Morgan fingerprint density at radius 1 is 1.07 bits per heavy atom. The van der Waals surface area contributed by atoms with E-state index in [-0.39, 0.29) is 21.4 Å². The molecule has 1 heterocycles. The first-order valence-electron chi connectivity index (χ1n) is 7.86. The zero-order valence-electron chi connectivity index (χ0n) is 13.8. The Kier molecular flexibility index (Phi) is 6.10. The van der Waals surface area contributed by atoms with Crippen molar-refractivity contribution in [2.45, 2.75) is 6.43 Å². The Bertz CT molecular complexity index is 931. The number of hydrogen-bond acceptors (Lipinski definition) is 1. The van der Waals surface area contributed by atoms with Crippen LogP contribution in [-0.4, -0.2) is 17.9 Å². The van der Waals surface area contributed by atoms with Gasteiger partial charge in [-0.2, -0.15) is 0 Å². The minimum Gasteiger partial charge on any atom is -0.334 e. The molecule has 0 atom stereocenters. The summed E-state index contributed by atoms with van der Waals surface area (Å²) in [6.45, 7) is 3.12. The molecular formula is C20H13BrF4IN. The van der Waals surface area contributed by atoms with E-state index < -0.39 is 24.6 Å². The third-order valence-corrected chi connectivity index (χ3v) is 5.44. The lowest BCUT2D eigenvalue weighted by atomic mass is 9.94. The number of nitrogens with zero attached hydrogens (tertiary/aromatic N) is 1. The molecule has 1 aliphatic heterocycles. The minimum atomic E-state index is -2.71. The highest BCUT2D eigenvalue weighted by molar-refractivity contribution is 14.1. The van der Waals surface area contributed by atoms with E-state index in [4.69, 9.17) is 0 Å². The molecule has 1 aliphatic rings. The molecule has 0 saturated carbocycles. The van der Waals surface area contributed by atoms with Gasteiger partial charge in [-0.05, 0) is 46.4 Å². The first kappa shape index (κ1) is 20.1. The lowest BCUT2D eigenvalue weighted by Gasteiger charge is -2.34. The summed E-state index contributed by atoms with van der Waals surface area (Å²) < 4.78 is 56.9.